The summed E-state index contributed by atoms with van der Waals surface area (Å²) in [5.41, 5.74) is 3.24. The molecule has 3 aromatic carbocycles. The molecule has 1 fully saturated rings. The molecular weight excluding hydrogens is 567 g/mol. The molecule has 0 saturated carbocycles. The maximum absolute atomic E-state index is 13.3. The summed E-state index contributed by atoms with van der Waals surface area (Å²) in [5.74, 6) is 1.84. The van der Waals surface area contributed by atoms with Crippen LogP contribution in [-0.2, 0) is 17.8 Å². The lowest BCUT2D eigenvalue weighted by Gasteiger charge is -2.17. The molecule has 0 N–H and O–H groups in total. The molecule has 0 spiro atoms. The van der Waals surface area contributed by atoms with Crippen LogP contribution in [0.2, 0.25) is 10.0 Å². The van der Waals surface area contributed by atoms with E-state index in [9.17, 15) is 4.79 Å². The molecule has 0 aliphatic carbocycles. The van der Waals surface area contributed by atoms with Crippen LogP contribution in [0.25, 0.3) is 6.08 Å². The van der Waals surface area contributed by atoms with Gasteiger partial charge in [0, 0.05) is 27.7 Å². The molecule has 1 saturated heterocycles. The van der Waals surface area contributed by atoms with Crippen molar-refractivity contribution in [2.75, 3.05) is 20.3 Å². The van der Waals surface area contributed by atoms with Gasteiger partial charge in [0.25, 0.3) is 5.91 Å². The number of carbonyl (C=O) groups excluding carboxylic acids is 1. The molecule has 6 nitrogen and oxygen atoms in total. The number of methoxy groups -OCH3 is 1. The summed E-state index contributed by atoms with van der Waals surface area (Å²) in [6, 6.07) is 16.6. The highest BCUT2D eigenvalue weighted by molar-refractivity contribution is 8.18. The lowest BCUT2D eigenvalue weighted by molar-refractivity contribution is -0.122. The average Bonchev–Trinajstić information content (AvgIpc) is 3.23. The van der Waals surface area contributed by atoms with E-state index in [0.717, 1.165) is 28.1 Å². The van der Waals surface area contributed by atoms with Crippen molar-refractivity contribution in [3.05, 3.63) is 98.9 Å². The Kier molecular flexibility index (Phi) is 10.2. The second-order valence-corrected chi connectivity index (χ2v) is 10.6. The number of amides is 1. The second kappa shape index (κ2) is 13.8. The number of likely N-dealkylation sites (N-methyl/N-ethyl adjacent to an activating group) is 1. The topological polar surface area (TPSA) is 60.4 Å². The first-order valence-corrected chi connectivity index (χ1v) is 14.4. The molecule has 40 heavy (non-hydrogen) atoms. The smallest absolute Gasteiger partial charge is 0.266 e. The largest absolute Gasteiger partial charge is 0.497 e. The van der Waals surface area contributed by atoms with Crippen molar-refractivity contribution in [3.63, 3.8) is 0 Å². The van der Waals surface area contributed by atoms with Gasteiger partial charge in [0.05, 0.1) is 24.3 Å². The van der Waals surface area contributed by atoms with Gasteiger partial charge in [-0.2, -0.15) is 0 Å². The van der Waals surface area contributed by atoms with Gasteiger partial charge in [-0.25, -0.2) is 4.99 Å². The third-order valence-corrected chi connectivity index (χ3v) is 7.60. The number of hydrogen-bond acceptors (Lipinski definition) is 6. The van der Waals surface area contributed by atoms with Crippen LogP contribution >= 0.6 is 35.0 Å². The van der Waals surface area contributed by atoms with Gasteiger partial charge in [-0.15, -0.1) is 6.58 Å². The number of benzene rings is 3. The summed E-state index contributed by atoms with van der Waals surface area (Å²) in [4.78, 5) is 20.2. The Balaban J connectivity index is 1.66. The number of ether oxygens (including phenoxy) is 3. The lowest BCUT2D eigenvalue weighted by atomic mass is 10.0. The predicted molar refractivity (Wildman–Crippen MR) is 165 cm³/mol. The number of halogens is 2. The normalized spacial score (nSPS) is 15.1. The Morgan fingerprint density at radius 2 is 1.80 bits per heavy atom. The Hall–Kier alpha value is -3.39. The number of hydrogen-bond donors (Lipinski definition) is 0. The van der Waals surface area contributed by atoms with Crippen LogP contribution < -0.4 is 14.2 Å². The Morgan fingerprint density at radius 3 is 2.45 bits per heavy atom. The number of amidine groups is 1. The van der Waals surface area contributed by atoms with Gasteiger partial charge >= 0.3 is 0 Å². The number of carbonyl (C=O) groups is 1. The van der Waals surface area contributed by atoms with E-state index < -0.39 is 0 Å². The van der Waals surface area contributed by atoms with Crippen LogP contribution in [-0.4, -0.2) is 36.2 Å². The molecule has 1 amide bonds. The minimum atomic E-state index is -0.0966. The third kappa shape index (κ3) is 7.02. The van der Waals surface area contributed by atoms with Crippen LogP contribution in [0, 0.1) is 0 Å². The fourth-order valence-electron chi connectivity index (χ4n) is 4.08. The van der Waals surface area contributed by atoms with E-state index in [1.807, 2.05) is 62.4 Å². The minimum Gasteiger partial charge on any atom is -0.497 e. The fourth-order valence-corrected chi connectivity index (χ4v) is 5.60. The highest BCUT2D eigenvalue weighted by atomic mass is 35.5. The van der Waals surface area contributed by atoms with Crippen LogP contribution in [0.15, 0.2) is 77.1 Å². The zero-order chi connectivity index (χ0) is 28.6. The summed E-state index contributed by atoms with van der Waals surface area (Å²) < 4.78 is 17.4. The SMILES string of the molecule is C=CCc1cc(/C=C2/SC(=Nc3ccc(OC)cc3)N(CC)C2=O)cc(OCC)c1OCc1ccc(Cl)cc1Cl. The van der Waals surface area contributed by atoms with E-state index in [1.165, 1.54) is 11.8 Å². The molecule has 3 aromatic rings. The van der Waals surface area contributed by atoms with E-state index in [0.29, 0.717) is 51.2 Å². The van der Waals surface area contributed by atoms with Crippen LogP contribution in [0.1, 0.15) is 30.5 Å². The zero-order valence-corrected chi connectivity index (χ0v) is 24.9. The van der Waals surface area contributed by atoms with Crippen LogP contribution in [0.4, 0.5) is 5.69 Å². The van der Waals surface area contributed by atoms with E-state index in [1.54, 1.807) is 30.2 Å². The molecule has 0 atom stereocenters. The van der Waals surface area contributed by atoms with Crippen molar-refractivity contribution in [2.24, 2.45) is 4.99 Å². The summed E-state index contributed by atoms with van der Waals surface area (Å²) >= 11 is 13.7. The van der Waals surface area contributed by atoms with Crippen molar-refractivity contribution < 1.29 is 19.0 Å². The Bertz CT molecular complexity index is 1450. The molecule has 0 aromatic heterocycles. The standard InChI is InChI=1S/C31H30Cl2N2O4S/c1-5-8-21-15-20(16-27(38-7-3)29(21)39-19-22-9-10-23(32)18-26(22)33)17-28-30(36)35(6-2)31(40-28)34-24-11-13-25(37-4)14-12-24/h5,9-18H,1,6-8,19H2,2-4H3/b28-17+,34-31?. The number of rotatable bonds is 11. The number of allylic oxidation sites excluding steroid dienone is 1. The molecule has 0 bridgehead atoms. The molecule has 4 rings (SSSR count). The molecule has 0 radical (unpaired) electrons. The molecule has 0 unspecified atom stereocenters. The van der Waals surface area contributed by atoms with E-state index in [2.05, 4.69) is 6.58 Å². The van der Waals surface area contributed by atoms with Gasteiger partial charge < -0.3 is 14.2 Å². The summed E-state index contributed by atoms with van der Waals surface area (Å²) in [6.45, 7) is 8.94. The lowest BCUT2D eigenvalue weighted by Crippen LogP contribution is -2.28. The number of aliphatic imine (C=N–C) groups is 1. The summed E-state index contributed by atoms with van der Waals surface area (Å²) in [6.07, 6.45) is 4.21. The molecular formula is C31H30Cl2N2O4S. The van der Waals surface area contributed by atoms with E-state index >= 15 is 0 Å². The Morgan fingerprint density at radius 1 is 1.02 bits per heavy atom. The number of nitrogens with zero attached hydrogens (tertiary/aromatic N) is 2. The van der Waals surface area contributed by atoms with Crippen LogP contribution in [0.3, 0.4) is 0 Å². The van der Waals surface area contributed by atoms with Crippen molar-refractivity contribution in [2.45, 2.75) is 26.9 Å². The summed E-state index contributed by atoms with van der Waals surface area (Å²) in [5, 5.41) is 1.72. The monoisotopic (exact) mass is 596 g/mol. The molecule has 1 aliphatic rings. The van der Waals surface area contributed by atoms with E-state index in [4.69, 9.17) is 42.4 Å². The summed E-state index contributed by atoms with van der Waals surface area (Å²) in [7, 11) is 1.62. The van der Waals surface area contributed by atoms with Gasteiger partial charge in [-0.05, 0) is 92.2 Å². The molecule has 1 aliphatic heterocycles. The van der Waals surface area contributed by atoms with Crippen molar-refractivity contribution in [1.82, 2.24) is 4.90 Å². The van der Waals surface area contributed by atoms with Gasteiger partial charge in [-0.3, -0.25) is 9.69 Å². The highest BCUT2D eigenvalue weighted by Gasteiger charge is 2.32. The minimum absolute atomic E-state index is 0.0966. The van der Waals surface area contributed by atoms with Gasteiger partial charge in [-0.1, -0.05) is 35.3 Å². The van der Waals surface area contributed by atoms with Crippen molar-refractivity contribution >= 4 is 57.8 Å². The van der Waals surface area contributed by atoms with Gasteiger partial charge in [0.2, 0.25) is 0 Å². The molecule has 1 heterocycles. The molecule has 9 heteroatoms. The van der Waals surface area contributed by atoms with Gasteiger partial charge in [0.15, 0.2) is 16.7 Å². The quantitative estimate of drug-likeness (QED) is 0.164. The van der Waals surface area contributed by atoms with E-state index in [-0.39, 0.29) is 12.5 Å². The maximum Gasteiger partial charge on any atom is 0.266 e. The first-order chi connectivity index (χ1) is 19.4. The fraction of sp³-hybridized carbons (Fsp3) is 0.226. The highest BCUT2D eigenvalue weighted by Crippen LogP contribution is 2.39. The average molecular weight is 598 g/mol. The van der Waals surface area contributed by atoms with Crippen LogP contribution in [0.5, 0.6) is 17.2 Å². The van der Waals surface area contributed by atoms with Crippen molar-refractivity contribution in [1.29, 1.82) is 0 Å². The molecule has 208 valence electrons. The maximum atomic E-state index is 13.3. The zero-order valence-electron chi connectivity index (χ0n) is 22.6. The van der Waals surface area contributed by atoms with Crippen molar-refractivity contribution in [3.8, 4) is 17.2 Å². The third-order valence-electron chi connectivity index (χ3n) is 6.00. The van der Waals surface area contributed by atoms with Gasteiger partial charge in [0.1, 0.15) is 12.4 Å². The Labute approximate surface area is 249 Å². The first-order valence-electron chi connectivity index (χ1n) is 12.8. The second-order valence-electron chi connectivity index (χ2n) is 8.71. The number of thioether (sulfide) groups is 1. The first kappa shape index (κ1) is 29.6. The predicted octanol–water partition coefficient (Wildman–Crippen LogP) is 8.33.